The normalized spacial score (nSPS) is 10.7. The first-order valence-corrected chi connectivity index (χ1v) is 10.9. The van der Waals surface area contributed by atoms with E-state index in [9.17, 15) is 9.59 Å². The van der Waals surface area contributed by atoms with Gasteiger partial charge in [0.15, 0.2) is 5.16 Å². The highest BCUT2D eigenvalue weighted by Crippen LogP contribution is 2.29. The number of benzene rings is 2. The number of anilines is 1. The molecule has 0 fully saturated rings. The number of carbonyl (C=O) groups excluding carboxylic acids is 1. The van der Waals surface area contributed by atoms with Gasteiger partial charge < -0.3 is 10.3 Å². The second-order valence-electron chi connectivity index (χ2n) is 6.53. The first kappa shape index (κ1) is 19.9. The van der Waals surface area contributed by atoms with Gasteiger partial charge in [0.05, 0.1) is 21.9 Å². The van der Waals surface area contributed by atoms with Crippen LogP contribution in [0, 0.1) is 18.3 Å². The fourth-order valence-corrected chi connectivity index (χ4v) is 4.94. The number of carbonyl (C=O) groups is 1. The number of aromatic nitrogens is 2. The van der Waals surface area contributed by atoms with Crippen LogP contribution in [0.15, 0.2) is 64.5 Å². The Labute approximate surface area is 180 Å². The molecule has 0 saturated carbocycles. The Kier molecular flexibility index (Phi) is 5.65. The molecule has 6 nitrogen and oxygen atoms in total. The van der Waals surface area contributed by atoms with Crippen LogP contribution in [-0.2, 0) is 5.75 Å². The summed E-state index contributed by atoms with van der Waals surface area (Å²) in [6.45, 7) is 1.76. The Bertz CT molecular complexity index is 1340. The van der Waals surface area contributed by atoms with E-state index in [1.54, 1.807) is 13.0 Å². The van der Waals surface area contributed by atoms with Crippen LogP contribution in [0.2, 0.25) is 0 Å². The van der Waals surface area contributed by atoms with Crippen LogP contribution in [0.3, 0.4) is 0 Å². The first-order valence-electron chi connectivity index (χ1n) is 9.07. The van der Waals surface area contributed by atoms with Crippen molar-refractivity contribution in [3.8, 4) is 6.07 Å². The van der Waals surface area contributed by atoms with Gasteiger partial charge >= 0.3 is 0 Å². The number of rotatable bonds is 5. The van der Waals surface area contributed by atoms with Crippen molar-refractivity contribution in [3.05, 3.63) is 86.5 Å². The third-order valence-corrected chi connectivity index (χ3v) is 6.58. The van der Waals surface area contributed by atoms with Crippen molar-refractivity contribution in [2.75, 3.05) is 5.32 Å². The molecule has 2 N–H and O–H groups in total. The number of thiophene rings is 1. The average molecular weight is 433 g/mol. The minimum Gasteiger partial charge on any atom is -0.321 e. The number of hydrogen-bond donors (Lipinski definition) is 2. The summed E-state index contributed by atoms with van der Waals surface area (Å²) in [7, 11) is 0. The molecular weight excluding hydrogens is 416 g/mol. The zero-order chi connectivity index (χ0) is 21.1. The smallest absolute Gasteiger partial charge is 0.266 e. The molecule has 0 aliphatic heterocycles. The largest absolute Gasteiger partial charge is 0.321 e. The van der Waals surface area contributed by atoms with Gasteiger partial charge in [-0.05, 0) is 42.3 Å². The third kappa shape index (κ3) is 4.13. The fourth-order valence-electron chi connectivity index (χ4n) is 3.00. The molecule has 8 heteroatoms. The molecule has 0 unspecified atom stereocenters. The standard InChI is InChI=1S/C22H16N4O2S2/c1-13-17-19(27)25-22(29-12-15-7-5-6-14(10-15)11-23)26-21(17)30-18(13)20(28)24-16-8-3-2-4-9-16/h2-10H,12H2,1H3,(H,24,28)(H,25,26,27). The molecule has 0 aliphatic carbocycles. The second kappa shape index (κ2) is 8.53. The van der Waals surface area contributed by atoms with Gasteiger partial charge in [0, 0.05) is 11.4 Å². The van der Waals surface area contributed by atoms with Crippen LogP contribution < -0.4 is 10.9 Å². The van der Waals surface area contributed by atoms with Crippen LogP contribution in [0.1, 0.15) is 26.4 Å². The zero-order valence-corrected chi connectivity index (χ0v) is 17.6. The number of para-hydroxylation sites is 1. The number of amides is 1. The van der Waals surface area contributed by atoms with Gasteiger partial charge in [-0.25, -0.2) is 4.98 Å². The summed E-state index contributed by atoms with van der Waals surface area (Å²) in [5.41, 5.74) is 2.60. The van der Waals surface area contributed by atoms with E-state index >= 15 is 0 Å². The summed E-state index contributed by atoms with van der Waals surface area (Å²) in [5, 5.41) is 12.8. The van der Waals surface area contributed by atoms with Crippen molar-refractivity contribution in [2.45, 2.75) is 17.8 Å². The van der Waals surface area contributed by atoms with Crippen molar-refractivity contribution in [1.29, 1.82) is 5.26 Å². The number of aryl methyl sites for hydroxylation is 1. The molecule has 2 aromatic heterocycles. The van der Waals surface area contributed by atoms with Crippen molar-refractivity contribution < 1.29 is 4.79 Å². The SMILES string of the molecule is Cc1c(C(=O)Nc2ccccc2)sc2nc(SCc3cccc(C#N)c3)[nH]c(=O)c12. The number of thioether (sulfide) groups is 1. The maximum Gasteiger partial charge on any atom is 0.266 e. The first-order chi connectivity index (χ1) is 14.5. The summed E-state index contributed by atoms with van der Waals surface area (Å²) in [4.78, 5) is 33.7. The molecule has 0 atom stereocenters. The van der Waals surface area contributed by atoms with E-state index in [0.29, 0.717) is 42.8 Å². The van der Waals surface area contributed by atoms with Crippen molar-refractivity contribution in [3.63, 3.8) is 0 Å². The predicted octanol–water partition coefficient (Wildman–Crippen LogP) is 4.71. The number of aromatic amines is 1. The molecule has 4 aromatic rings. The maximum atomic E-state index is 12.7. The van der Waals surface area contributed by atoms with Gasteiger partial charge in [0.2, 0.25) is 0 Å². The zero-order valence-electron chi connectivity index (χ0n) is 15.9. The lowest BCUT2D eigenvalue weighted by molar-refractivity contribution is 0.103. The molecule has 0 spiro atoms. The Morgan fingerprint density at radius 1 is 1.23 bits per heavy atom. The van der Waals surface area contributed by atoms with E-state index in [-0.39, 0.29) is 11.5 Å². The molecule has 1 amide bonds. The number of H-pyrrole nitrogens is 1. The number of hydrogen-bond acceptors (Lipinski definition) is 6. The Balaban J connectivity index is 1.60. The van der Waals surface area contributed by atoms with Gasteiger partial charge in [-0.2, -0.15) is 5.26 Å². The highest BCUT2D eigenvalue weighted by atomic mass is 32.2. The van der Waals surface area contributed by atoms with E-state index in [0.717, 1.165) is 5.56 Å². The average Bonchev–Trinajstić information content (AvgIpc) is 3.10. The van der Waals surface area contributed by atoms with Crippen molar-refractivity contribution >= 4 is 44.9 Å². The minimum atomic E-state index is -0.263. The quantitative estimate of drug-likeness (QED) is 0.351. The number of nitriles is 1. The summed E-state index contributed by atoms with van der Waals surface area (Å²) >= 11 is 2.59. The molecule has 0 saturated heterocycles. The monoisotopic (exact) mass is 432 g/mol. The molecule has 148 valence electrons. The topological polar surface area (TPSA) is 98.6 Å². The molecule has 2 aromatic carbocycles. The highest BCUT2D eigenvalue weighted by Gasteiger charge is 2.19. The van der Waals surface area contributed by atoms with Gasteiger partial charge in [0.25, 0.3) is 11.5 Å². The summed E-state index contributed by atoms with van der Waals surface area (Å²) in [6.07, 6.45) is 0. The second-order valence-corrected chi connectivity index (χ2v) is 8.49. The van der Waals surface area contributed by atoms with Gasteiger partial charge in [0.1, 0.15) is 4.83 Å². The summed E-state index contributed by atoms with van der Waals surface area (Å²) in [5.74, 6) is 0.305. The van der Waals surface area contributed by atoms with Crippen LogP contribution in [0.4, 0.5) is 5.69 Å². The Morgan fingerprint density at radius 2 is 2.03 bits per heavy atom. The van der Waals surface area contributed by atoms with Crippen molar-refractivity contribution in [2.24, 2.45) is 0 Å². The molecule has 2 heterocycles. The summed E-state index contributed by atoms with van der Waals surface area (Å²) in [6, 6.07) is 18.6. The molecule has 4 rings (SSSR count). The number of nitrogens with zero attached hydrogens (tertiary/aromatic N) is 2. The molecule has 0 aliphatic rings. The molecule has 0 bridgehead atoms. The third-order valence-electron chi connectivity index (χ3n) is 4.45. The fraction of sp³-hybridized carbons (Fsp3) is 0.0909. The number of nitrogens with one attached hydrogen (secondary N) is 2. The van der Waals surface area contributed by atoms with Gasteiger partial charge in [-0.3, -0.25) is 9.59 Å². The van der Waals surface area contributed by atoms with E-state index in [1.165, 1.54) is 23.1 Å². The highest BCUT2D eigenvalue weighted by molar-refractivity contribution is 7.98. The predicted molar refractivity (Wildman–Crippen MR) is 120 cm³/mol. The Hall–Kier alpha value is -3.41. The van der Waals surface area contributed by atoms with Crippen LogP contribution in [0.25, 0.3) is 10.2 Å². The molecule has 0 radical (unpaired) electrons. The number of fused-ring (bicyclic) bond motifs is 1. The molecular formula is C22H16N4O2S2. The van der Waals surface area contributed by atoms with E-state index in [1.807, 2.05) is 48.5 Å². The van der Waals surface area contributed by atoms with E-state index < -0.39 is 0 Å². The van der Waals surface area contributed by atoms with Crippen LogP contribution in [0.5, 0.6) is 0 Å². The molecule has 30 heavy (non-hydrogen) atoms. The lowest BCUT2D eigenvalue weighted by atomic mass is 10.2. The van der Waals surface area contributed by atoms with E-state index in [4.69, 9.17) is 5.26 Å². The lowest BCUT2D eigenvalue weighted by Crippen LogP contribution is -2.12. The Morgan fingerprint density at radius 3 is 2.80 bits per heavy atom. The summed E-state index contributed by atoms with van der Waals surface area (Å²) < 4.78 is 0. The van der Waals surface area contributed by atoms with Gasteiger partial charge in [-0.1, -0.05) is 42.1 Å². The minimum absolute atomic E-state index is 0.261. The lowest BCUT2D eigenvalue weighted by Gasteiger charge is -2.03. The van der Waals surface area contributed by atoms with E-state index in [2.05, 4.69) is 21.4 Å². The van der Waals surface area contributed by atoms with Crippen molar-refractivity contribution in [1.82, 2.24) is 9.97 Å². The maximum absolute atomic E-state index is 12.7. The van der Waals surface area contributed by atoms with Gasteiger partial charge in [-0.15, -0.1) is 11.3 Å². The van der Waals surface area contributed by atoms with Crippen LogP contribution >= 0.6 is 23.1 Å². The van der Waals surface area contributed by atoms with Crippen LogP contribution in [-0.4, -0.2) is 15.9 Å².